The number of aliphatic carboxylic acids is 1. The predicted molar refractivity (Wildman–Crippen MR) is 212 cm³/mol. The van der Waals surface area contributed by atoms with Gasteiger partial charge in [0.15, 0.2) is 0 Å². The number of hydrogen-bond acceptors (Lipinski definition) is 9. The van der Waals surface area contributed by atoms with E-state index < -0.39 is 108 Å². The molecule has 0 aromatic heterocycles. The molecular weight excluding hydrogens is 722 g/mol. The van der Waals surface area contributed by atoms with E-state index in [4.69, 9.17) is 5.73 Å². The average molecular weight is 790 g/mol. The van der Waals surface area contributed by atoms with Gasteiger partial charge in [-0.2, -0.15) is 0 Å². The van der Waals surface area contributed by atoms with Crippen LogP contribution in [-0.4, -0.2) is 100 Å². The quantitative estimate of drug-likeness (QED) is 0.0760. The minimum atomic E-state index is -1.52. The lowest BCUT2D eigenvalue weighted by atomic mass is 9.98. The third-order valence-corrected chi connectivity index (χ3v) is 9.10. The zero-order valence-corrected chi connectivity index (χ0v) is 34.8. The molecule has 0 aliphatic rings. The molecule has 6 amide bonds. The van der Waals surface area contributed by atoms with E-state index in [-0.39, 0.29) is 24.7 Å². The van der Waals surface area contributed by atoms with Crippen LogP contribution in [0.15, 0.2) is 30.3 Å². The van der Waals surface area contributed by atoms with Crippen LogP contribution in [0.5, 0.6) is 0 Å². The molecule has 10 N–H and O–H groups in total. The molecule has 8 atom stereocenters. The minimum absolute atomic E-state index is 0.0339. The Morgan fingerprint density at radius 3 is 1.36 bits per heavy atom. The molecule has 0 fully saturated rings. The highest BCUT2D eigenvalue weighted by atomic mass is 16.4. The van der Waals surface area contributed by atoms with Crippen LogP contribution in [0, 0.1) is 29.6 Å². The number of rotatable bonds is 23. The number of aliphatic hydroxyl groups is 1. The molecule has 1 aromatic carbocycles. The summed E-state index contributed by atoms with van der Waals surface area (Å²) in [5.74, 6) is -6.86. The Morgan fingerprint density at radius 1 is 0.518 bits per heavy atom. The first-order valence-corrected chi connectivity index (χ1v) is 19.5. The minimum Gasteiger partial charge on any atom is -0.480 e. The van der Waals surface area contributed by atoms with E-state index in [0.29, 0.717) is 12.0 Å². The Labute approximate surface area is 331 Å². The van der Waals surface area contributed by atoms with Gasteiger partial charge in [0, 0.05) is 6.42 Å². The van der Waals surface area contributed by atoms with Gasteiger partial charge < -0.3 is 47.8 Å². The summed E-state index contributed by atoms with van der Waals surface area (Å²) in [5.41, 5.74) is 6.72. The van der Waals surface area contributed by atoms with E-state index in [1.807, 2.05) is 27.7 Å². The molecule has 0 radical (unpaired) electrons. The second-order valence-corrected chi connectivity index (χ2v) is 16.4. The Kier molecular flexibility index (Phi) is 20.7. The van der Waals surface area contributed by atoms with E-state index in [1.54, 1.807) is 71.9 Å². The van der Waals surface area contributed by atoms with Gasteiger partial charge in [-0.3, -0.25) is 28.8 Å². The first-order valence-electron chi connectivity index (χ1n) is 19.5. The van der Waals surface area contributed by atoms with Crippen LogP contribution < -0.4 is 37.6 Å². The third-order valence-electron chi connectivity index (χ3n) is 9.10. The van der Waals surface area contributed by atoms with Crippen LogP contribution in [0.1, 0.15) is 94.6 Å². The van der Waals surface area contributed by atoms with Crippen LogP contribution >= 0.6 is 0 Å². The van der Waals surface area contributed by atoms with Crippen molar-refractivity contribution >= 4 is 41.4 Å². The maximum absolute atomic E-state index is 13.9. The Balaban J connectivity index is 3.29. The van der Waals surface area contributed by atoms with Crippen LogP contribution in [0.3, 0.4) is 0 Å². The lowest BCUT2D eigenvalue weighted by molar-refractivity contribution is -0.143. The molecule has 16 nitrogen and oxygen atoms in total. The summed E-state index contributed by atoms with van der Waals surface area (Å²) in [7, 11) is 0. The van der Waals surface area contributed by atoms with Gasteiger partial charge in [-0.05, 0) is 54.9 Å². The number of carboxylic acids is 1. The van der Waals surface area contributed by atoms with Gasteiger partial charge in [0.1, 0.15) is 36.3 Å². The molecule has 0 unspecified atom stereocenters. The highest BCUT2D eigenvalue weighted by Crippen LogP contribution is 2.12. The summed E-state index contributed by atoms with van der Waals surface area (Å²) < 4.78 is 0. The van der Waals surface area contributed by atoms with Crippen molar-refractivity contribution < 1.29 is 43.8 Å². The van der Waals surface area contributed by atoms with E-state index in [9.17, 15) is 43.8 Å². The highest BCUT2D eigenvalue weighted by molar-refractivity contribution is 5.97. The third kappa shape index (κ3) is 16.7. The largest absolute Gasteiger partial charge is 0.480 e. The van der Waals surface area contributed by atoms with Crippen LogP contribution in [-0.2, 0) is 40.0 Å². The number of nitrogens with two attached hydrogens (primary N) is 1. The average Bonchev–Trinajstić information content (AvgIpc) is 3.08. The SMILES string of the molecule is CC(C)C[C@H](NC(=O)[C@@H](NC(=O)[C@@H](NC(=O)[C@@H](N)CC(C)C)C(C)C)[C@@H](C)O)C(=O)N[C@H](C(=O)N[C@@H](Cc1ccccc1)C(=O)N[C@H](C(=O)O)C(C)C)C(C)C. The van der Waals surface area contributed by atoms with Gasteiger partial charge in [-0.25, -0.2) is 4.79 Å². The second kappa shape index (κ2) is 23.5. The first kappa shape index (κ1) is 49.4. The van der Waals surface area contributed by atoms with E-state index >= 15 is 0 Å². The molecule has 1 rings (SSSR count). The van der Waals surface area contributed by atoms with Crippen LogP contribution in [0.25, 0.3) is 0 Å². The Bertz CT molecular complexity index is 1470. The number of carbonyl (C=O) groups excluding carboxylic acids is 6. The fourth-order valence-corrected chi connectivity index (χ4v) is 5.90. The molecule has 0 saturated carbocycles. The van der Waals surface area contributed by atoms with Crippen molar-refractivity contribution in [3.63, 3.8) is 0 Å². The normalized spacial score (nSPS) is 15.9. The number of carboxylic acid groups (broad SMARTS) is 1. The van der Waals surface area contributed by atoms with Crippen molar-refractivity contribution in [3.8, 4) is 0 Å². The van der Waals surface area contributed by atoms with E-state index in [0.717, 1.165) is 0 Å². The van der Waals surface area contributed by atoms with E-state index in [1.165, 1.54) is 6.92 Å². The van der Waals surface area contributed by atoms with Crippen LogP contribution in [0.4, 0.5) is 0 Å². The molecule has 0 bridgehead atoms. The first-order chi connectivity index (χ1) is 26.0. The molecule has 0 saturated heterocycles. The van der Waals surface area contributed by atoms with Crippen molar-refractivity contribution in [2.45, 2.75) is 144 Å². The van der Waals surface area contributed by atoms with Gasteiger partial charge in [0.05, 0.1) is 12.1 Å². The molecule has 1 aromatic rings. The summed E-state index contributed by atoms with van der Waals surface area (Å²) in [6, 6.07) is 0.571. The van der Waals surface area contributed by atoms with E-state index in [2.05, 4.69) is 31.9 Å². The maximum Gasteiger partial charge on any atom is 0.326 e. The summed E-state index contributed by atoms with van der Waals surface area (Å²) in [5, 5.41) is 35.9. The highest BCUT2D eigenvalue weighted by Gasteiger charge is 2.36. The van der Waals surface area contributed by atoms with Crippen molar-refractivity contribution in [3.05, 3.63) is 35.9 Å². The van der Waals surface area contributed by atoms with Gasteiger partial charge in [0.25, 0.3) is 0 Å². The molecule has 0 spiro atoms. The smallest absolute Gasteiger partial charge is 0.326 e. The number of carbonyl (C=O) groups is 7. The summed E-state index contributed by atoms with van der Waals surface area (Å²) in [4.78, 5) is 92.8. The molecule has 0 aliphatic carbocycles. The van der Waals surface area contributed by atoms with Crippen molar-refractivity contribution in [2.75, 3.05) is 0 Å². The number of benzene rings is 1. The fourth-order valence-electron chi connectivity index (χ4n) is 5.90. The zero-order chi connectivity index (χ0) is 43.0. The topological polar surface area (TPSA) is 258 Å². The number of nitrogens with one attached hydrogen (secondary N) is 6. The second-order valence-electron chi connectivity index (χ2n) is 16.4. The zero-order valence-electron chi connectivity index (χ0n) is 34.8. The maximum atomic E-state index is 13.9. The lowest BCUT2D eigenvalue weighted by Crippen LogP contribution is -2.62. The number of aliphatic hydroxyl groups excluding tert-OH is 1. The number of amides is 6. The van der Waals surface area contributed by atoms with Crippen molar-refractivity contribution in [1.29, 1.82) is 0 Å². The van der Waals surface area contributed by atoms with Gasteiger partial charge >= 0.3 is 5.97 Å². The van der Waals surface area contributed by atoms with Gasteiger partial charge in [0.2, 0.25) is 35.4 Å². The Morgan fingerprint density at radius 2 is 0.911 bits per heavy atom. The Hall–Kier alpha value is -4.57. The fraction of sp³-hybridized carbons (Fsp3) is 0.675. The van der Waals surface area contributed by atoms with Gasteiger partial charge in [-0.15, -0.1) is 0 Å². The monoisotopic (exact) mass is 790 g/mol. The standard InChI is InChI=1S/C40H67N7O9/c1-20(2)17-27(41)34(49)44-31(23(7)8)38(53)47-33(25(11)48)39(54)42-28(18-21(3)4)35(50)45-30(22(5)6)37(52)43-29(19-26-15-13-12-14-16-26)36(51)46-32(24(9)10)40(55)56/h12-16,20-25,27-33,48H,17-19,41H2,1-11H3,(H,42,54)(H,43,52)(H,44,49)(H,45,50)(H,46,51)(H,47,53)(H,55,56)/t25-,27+,28+,29+,30+,31+,32+,33+/m1/s1. The molecule has 16 heteroatoms. The molecule has 316 valence electrons. The predicted octanol–water partition coefficient (Wildman–Crippen LogP) is 0.991. The summed E-state index contributed by atoms with van der Waals surface area (Å²) in [6.07, 6.45) is -0.864. The lowest BCUT2D eigenvalue weighted by Gasteiger charge is -2.30. The van der Waals surface area contributed by atoms with Crippen LogP contribution in [0.2, 0.25) is 0 Å². The van der Waals surface area contributed by atoms with Gasteiger partial charge in [-0.1, -0.05) is 99.6 Å². The van der Waals surface area contributed by atoms with Crippen molar-refractivity contribution in [2.24, 2.45) is 35.3 Å². The number of hydrogen-bond donors (Lipinski definition) is 9. The molecule has 0 heterocycles. The molecule has 56 heavy (non-hydrogen) atoms. The van der Waals surface area contributed by atoms with Crippen molar-refractivity contribution in [1.82, 2.24) is 31.9 Å². The molecule has 0 aliphatic heterocycles. The summed E-state index contributed by atoms with van der Waals surface area (Å²) in [6.45, 7) is 18.8. The molecular formula is C40H67N7O9. The summed E-state index contributed by atoms with van der Waals surface area (Å²) >= 11 is 0.